The molecule has 0 fully saturated rings. The lowest BCUT2D eigenvalue weighted by molar-refractivity contribution is 0.591. The molecular weight excluding hydrogens is 1750 g/mol. The molecule has 6 aliphatic carbocycles. The molecule has 28 aromatic rings. The number of pyridine rings is 3. The fraction of sp³-hybridized carbons (Fsp3) is 0.0530. The zero-order valence-electron chi connectivity index (χ0n) is 76.7. The van der Waals surface area contributed by atoms with Crippen LogP contribution in [0, 0.1) is 0 Å². The second-order valence-electron chi connectivity index (χ2n) is 40.3. The molecule has 0 unspecified atom stereocenters. The molecule has 0 atom stereocenters. The summed E-state index contributed by atoms with van der Waals surface area (Å²) in [7, 11) is 0. The predicted octanol–water partition coefficient (Wildman–Crippen LogP) is 31.8. The topological polar surface area (TPSA) is 69.4 Å². The van der Waals surface area contributed by atoms with Crippen molar-refractivity contribution in [1.82, 2.24) is 17.8 Å². The van der Waals surface area contributed by atoms with Crippen LogP contribution in [-0.2, 0) is 21.7 Å². The number of benzene rings is 19. The van der Waals surface area contributed by atoms with E-state index in [2.05, 4.69) is 411 Å². The Morgan fingerprint density at radius 2 is 0.525 bits per heavy atom. The standard InChI is InChI=1S/C56H32N2O.C42H29NO.C34H17NOS2/c59-55-41-20-5-4-16-36(41)44-31-34(33-26-29-51-43(30-33)39-19-9-13-25-50(39)57(51)35-14-2-1-3-15-35)32-45-40-27-28-49-52(54(40)58(55)53(44)45)42-21-8-12-24-48(42)56(49)46-22-10-6-17-37(46)38-18-7-11-23-47(38)56;1-41(2,3)24-19-20-30-32(23-24)28-15-10-14-27-29-21-22-36-37(39(29)43(38(27)28)40(30)44)31-13-6-9-18-35(31)42(36)33-16-7-4-11-25(33)26-12-5-8-17-34(26)42;36-33-22-7-2-1-6-18(22)19-9-5-10-20-21-12-13-25-28(30(21)35(33)29(19)20)23-8-3-4-11-24(23)34(25)26-14-16-37-31(26)32-27(34)15-17-38-32/h1-32H;4-23H,1-3H3;1-17H. The normalized spacial score (nSPS) is 14.2. The zero-order chi connectivity index (χ0) is 92.8. The molecule has 0 N–H and O–H groups in total. The van der Waals surface area contributed by atoms with Crippen molar-refractivity contribution in [2.45, 2.75) is 42.4 Å². The molecule has 0 aliphatic heterocycles. The maximum absolute atomic E-state index is 15.1. The van der Waals surface area contributed by atoms with Gasteiger partial charge in [-0.05, 0) is 234 Å². The van der Waals surface area contributed by atoms with E-state index >= 15 is 4.79 Å². The minimum absolute atomic E-state index is 0.0111. The molecule has 656 valence electrons. The number of hydrogen-bond donors (Lipinski definition) is 0. The summed E-state index contributed by atoms with van der Waals surface area (Å²) in [6.07, 6.45) is 0. The van der Waals surface area contributed by atoms with Crippen LogP contribution in [0.2, 0.25) is 0 Å². The zero-order valence-corrected chi connectivity index (χ0v) is 78.3. The second-order valence-corrected chi connectivity index (χ2v) is 42.1. The quantitative estimate of drug-likeness (QED) is 0.162. The summed E-state index contributed by atoms with van der Waals surface area (Å²) >= 11 is 3.68. The van der Waals surface area contributed by atoms with Crippen LogP contribution in [0.3, 0.4) is 0 Å². The van der Waals surface area contributed by atoms with Crippen LogP contribution < -0.4 is 16.7 Å². The van der Waals surface area contributed by atoms with Gasteiger partial charge in [-0.2, -0.15) is 0 Å². The van der Waals surface area contributed by atoms with Gasteiger partial charge < -0.3 is 4.57 Å². The van der Waals surface area contributed by atoms with Crippen LogP contribution in [0.25, 0.3) is 218 Å². The molecule has 9 heterocycles. The third kappa shape index (κ3) is 9.43. The van der Waals surface area contributed by atoms with E-state index < -0.39 is 10.8 Å². The van der Waals surface area contributed by atoms with E-state index in [1.165, 1.54) is 154 Å². The van der Waals surface area contributed by atoms with Crippen LogP contribution in [0.5, 0.6) is 0 Å². The minimum atomic E-state index is -0.498. The molecule has 7 nitrogen and oxygen atoms in total. The SMILES string of the molecule is CC(C)(C)c1ccc2c(=O)n3c4c5c(ccc4c4cccc(c2c1)c43)C1(c2ccccc2-c2ccccc21)c1ccccc1-5.O=c1c2ccccc2c2cc(-c3ccc4c(c3)c3ccccc3n4-c3ccccc3)cc3c4ccc5c(c4n1c23)-c1ccccc1C51c2ccccc2-c2ccccc21.O=c1c2ccccc2c2cccc3c4ccc5c(c4n1c23)-c1ccccc1C51c2ccsc2-c2sccc21. The fourth-order valence-corrected chi connectivity index (χ4v) is 29.8. The summed E-state index contributed by atoms with van der Waals surface area (Å²) in [5.41, 5.74) is 39.8. The average Bonchev–Trinajstić information content (AvgIpc) is 1.50. The van der Waals surface area contributed by atoms with Crippen LogP contribution in [0.4, 0.5) is 0 Å². The summed E-state index contributed by atoms with van der Waals surface area (Å²) in [4.78, 5) is 46.8. The molecule has 0 radical (unpaired) electrons. The Kier molecular flexibility index (Phi) is 15.1. The summed E-state index contributed by atoms with van der Waals surface area (Å²) in [5, 5.41) is 22.3. The van der Waals surface area contributed by atoms with Gasteiger partial charge in [0.25, 0.3) is 16.7 Å². The summed E-state index contributed by atoms with van der Waals surface area (Å²) in [6.45, 7) is 6.69. The van der Waals surface area contributed by atoms with Gasteiger partial charge in [-0.3, -0.25) is 27.6 Å². The highest BCUT2D eigenvalue weighted by atomic mass is 32.1. The fourth-order valence-electron chi connectivity index (χ4n) is 27.7. The maximum atomic E-state index is 15.1. The van der Waals surface area contributed by atoms with Gasteiger partial charge in [0.1, 0.15) is 0 Å². The van der Waals surface area contributed by atoms with Gasteiger partial charge >= 0.3 is 0 Å². The lowest BCUT2D eigenvalue weighted by Crippen LogP contribution is -2.25. The van der Waals surface area contributed by atoms with Crippen LogP contribution >= 0.6 is 22.7 Å². The van der Waals surface area contributed by atoms with E-state index in [0.717, 1.165) is 136 Å². The third-order valence-corrected chi connectivity index (χ3v) is 35.1. The molecule has 9 aromatic heterocycles. The van der Waals surface area contributed by atoms with Gasteiger partial charge in [0.05, 0.1) is 60.4 Å². The highest BCUT2D eigenvalue weighted by Crippen LogP contribution is 2.69. The summed E-state index contributed by atoms with van der Waals surface area (Å²) < 4.78 is 8.49. The number of nitrogens with zero attached hydrogens (tertiary/aromatic N) is 4. The number of aromatic nitrogens is 4. The molecule has 0 amide bonds. The van der Waals surface area contributed by atoms with Crippen molar-refractivity contribution in [2.24, 2.45) is 0 Å². The smallest absolute Gasteiger partial charge is 0.263 e. The lowest BCUT2D eigenvalue weighted by atomic mass is 9.70. The second kappa shape index (κ2) is 27.4. The molecule has 0 saturated carbocycles. The Balaban J connectivity index is 0.0000000980. The van der Waals surface area contributed by atoms with E-state index in [9.17, 15) is 9.59 Å². The largest absolute Gasteiger partial charge is 0.309 e. The van der Waals surface area contributed by atoms with Crippen molar-refractivity contribution in [3.8, 4) is 82.2 Å². The molecule has 9 heteroatoms. The van der Waals surface area contributed by atoms with Gasteiger partial charge in [-0.25, -0.2) is 0 Å². The Bertz CT molecular complexity index is 10600. The first kappa shape index (κ1) is 77.9. The van der Waals surface area contributed by atoms with E-state index in [4.69, 9.17) is 0 Å². The van der Waals surface area contributed by atoms with Crippen LogP contribution in [-0.4, -0.2) is 17.8 Å². The summed E-state index contributed by atoms with van der Waals surface area (Å²) in [5.74, 6) is 0. The number of fused-ring (bicyclic) bond motifs is 51. The number of thiophene rings is 2. The van der Waals surface area contributed by atoms with Crippen LogP contribution in [0.15, 0.2) is 432 Å². The van der Waals surface area contributed by atoms with E-state index in [1.54, 1.807) is 0 Å². The molecule has 0 bridgehead atoms. The highest BCUT2D eigenvalue weighted by Gasteiger charge is 2.57. The van der Waals surface area contributed by atoms with E-state index in [-0.39, 0.29) is 27.5 Å². The molecule has 6 aliphatic rings. The van der Waals surface area contributed by atoms with Gasteiger partial charge in [0.2, 0.25) is 0 Å². The maximum Gasteiger partial charge on any atom is 0.263 e. The van der Waals surface area contributed by atoms with Crippen molar-refractivity contribution in [3.05, 3.63) is 521 Å². The number of hydrogen-bond acceptors (Lipinski definition) is 5. The van der Waals surface area contributed by atoms with Crippen molar-refractivity contribution in [2.75, 3.05) is 0 Å². The molecule has 34 rings (SSSR count). The Morgan fingerprint density at radius 1 is 0.213 bits per heavy atom. The first-order valence-corrected chi connectivity index (χ1v) is 50.5. The monoisotopic (exact) mass is 1830 g/mol. The van der Waals surface area contributed by atoms with E-state index in [1.807, 2.05) is 67.9 Å². The Hall–Kier alpha value is -17.2. The molecule has 141 heavy (non-hydrogen) atoms. The van der Waals surface area contributed by atoms with Gasteiger partial charge in [0, 0.05) is 108 Å². The van der Waals surface area contributed by atoms with E-state index in [0.29, 0.717) is 0 Å². The molecule has 19 aromatic carbocycles. The van der Waals surface area contributed by atoms with Gasteiger partial charge in [0.15, 0.2) is 0 Å². The highest BCUT2D eigenvalue weighted by molar-refractivity contribution is 7.21. The average molecular weight is 1830 g/mol. The first-order chi connectivity index (χ1) is 69.4. The lowest BCUT2D eigenvalue weighted by Gasteiger charge is -2.30. The first-order valence-electron chi connectivity index (χ1n) is 48.7. The number of para-hydroxylation sites is 4. The third-order valence-electron chi connectivity index (χ3n) is 33.1. The molecule has 3 spiro atoms. The predicted molar refractivity (Wildman–Crippen MR) is 585 cm³/mol. The molecular formula is C132H78N4O3S2. The summed E-state index contributed by atoms with van der Waals surface area (Å²) in [6, 6.07) is 147. The van der Waals surface area contributed by atoms with Crippen LogP contribution in [0.1, 0.15) is 93.1 Å². The van der Waals surface area contributed by atoms with Gasteiger partial charge in [-0.1, -0.05) is 348 Å². The van der Waals surface area contributed by atoms with Crippen molar-refractivity contribution in [3.63, 3.8) is 0 Å². The Labute approximate surface area is 815 Å². The number of rotatable bonds is 2. The minimum Gasteiger partial charge on any atom is -0.309 e. The molecule has 0 saturated heterocycles. The Morgan fingerprint density at radius 3 is 0.979 bits per heavy atom. The van der Waals surface area contributed by atoms with Crippen molar-refractivity contribution < 1.29 is 0 Å². The van der Waals surface area contributed by atoms with Crippen molar-refractivity contribution in [1.29, 1.82) is 0 Å². The van der Waals surface area contributed by atoms with Crippen molar-refractivity contribution >= 4 is 158 Å². The van der Waals surface area contributed by atoms with Gasteiger partial charge in [-0.15, -0.1) is 22.7 Å².